The van der Waals surface area contributed by atoms with Crippen LogP contribution in [0.4, 0.5) is 0 Å². The first-order chi connectivity index (χ1) is 17.2. The van der Waals surface area contributed by atoms with Crippen LogP contribution in [0.1, 0.15) is 43.0 Å². The Kier molecular flexibility index (Phi) is 6.67. The third kappa shape index (κ3) is 4.46. The lowest BCUT2D eigenvalue weighted by Crippen LogP contribution is -2.09. The number of thioether (sulfide) groups is 1. The Hall–Kier alpha value is -3.85. The molecule has 0 saturated heterocycles. The monoisotopic (exact) mass is 482 g/mol. The average Bonchev–Trinajstić information content (AvgIpc) is 3.57. The molecule has 8 nitrogen and oxygen atoms in total. The second kappa shape index (κ2) is 10.2. The second-order valence-corrected chi connectivity index (χ2v) is 9.37. The van der Waals surface area contributed by atoms with Gasteiger partial charge < -0.3 is 0 Å². The van der Waals surface area contributed by atoms with Crippen LogP contribution in [0.5, 0.6) is 0 Å². The normalized spacial score (nSPS) is 12.1. The molecule has 176 valence electrons. The fourth-order valence-electron chi connectivity index (χ4n) is 4.14. The molecular weight excluding hydrogens is 456 g/mol. The summed E-state index contributed by atoms with van der Waals surface area (Å²) < 4.78 is 3.95. The van der Waals surface area contributed by atoms with Crippen molar-refractivity contribution in [2.45, 2.75) is 44.0 Å². The number of nitrogens with zero attached hydrogens (tertiary/aromatic N) is 8. The number of pyridine rings is 1. The number of aryl methyl sites for hydroxylation is 2. The van der Waals surface area contributed by atoms with Crippen LogP contribution in [0.15, 0.2) is 78.2 Å². The zero-order valence-corrected chi connectivity index (χ0v) is 20.7. The van der Waals surface area contributed by atoms with Crippen molar-refractivity contribution < 1.29 is 0 Å². The van der Waals surface area contributed by atoms with E-state index in [2.05, 4.69) is 74.2 Å². The molecule has 0 radical (unpaired) electrons. The van der Waals surface area contributed by atoms with Crippen molar-refractivity contribution in [2.75, 3.05) is 0 Å². The number of aromatic nitrogens is 8. The van der Waals surface area contributed by atoms with Crippen molar-refractivity contribution in [2.24, 2.45) is 0 Å². The van der Waals surface area contributed by atoms with Gasteiger partial charge in [0.1, 0.15) is 0 Å². The molecule has 5 rings (SSSR count). The van der Waals surface area contributed by atoms with Crippen LogP contribution in [0.3, 0.4) is 0 Å². The first-order valence-electron chi connectivity index (χ1n) is 11.7. The Morgan fingerprint density at radius 3 is 2.31 bits per heavy atom. The molecule has 1 unspecified atom stereocenters. The number of benzene rings is 2. The Morgan fingerprint density at radius 2 is 1.63 bits per heavy atom. The van der Waals surface area contributed by atoms with E-state index in [1.807, 2.05) is 48.7 Å². The number of hydrogen-bond acceptors (Lipinski definition) is 7. The highest BCUT2D eigenvalue weighted by molar-refractivity contribution is 7.99. The standard InChI is InChI=1S/C26H26N8S/c1-4-19-11-9-12-20(5-2)23(19)33-25(21-13-10-16-27-17-21)28-30-26(33)35-18(3)24-29-31-32-34(24)22-14-7-6-8-15-22/h6-18H,4-5H2,1-3H3. The molecular formula is C26H26N8S. The van der Waals surface area contributed by atoms with Gasteiger partial charge in [0.15, 0.2) is 16.8 Å². The molecule has 9 heteroatoms. The third-order valence-corrected chi connectivity index (χ3v) is 6.92. The zero-order chi connectivity index (χ0) is 24.2. The summed E-state index contributed by atoms with van der Waals surface area (Å²) in [4.78, 5) is 4.32. The van der Waals surface area contributed by atoms with E-state index in [0.717, 1.165) is 46.6 Å². The van der Waals surface area contributed by atoms with Crippen molar-refractivity contribution in [3.63, 3.8) is 0 Å². The Balaban J connectivity index is 1.62. The highest BCUT2D eigenvalue weighted by Crippen LogP contribution is 2.38. The molecule has 0 aliphatic rings. The van der Waals surface area contributed by atoms with Crippen LogP contribution < -0.4 is 0 Å². The van der Waals surface area contributed by atoms with Crippen molar-refractivity contribution in [3.05, 3.63) is 90.0 Å². The van der Waals surface area contributed by atoms with Crippen molar-refractivity contribution in [3.8, 4) is 22.8 Å². The molecule has 3 aromatic heterocycles. The average molecular weight is 483 g/mol. The molecule has 0 bridgehead atoms. The summed E-state index contributed by atoms with van der Waals surface area (Å²) in [7, 11) is 0. The van der Waals surface area contributed by atoms with Crippen LogP contribution >= 0.6 is 11.8 Å². The second-order valence-electron chi connectivity index (χ2n) is 8.06. The summed E-state index contributed by atoms with van der Waals surface area (Å²) in [6.07, 6.45) is 5.40. The maximum atomic E-state index is 4.64. The quantitative estimate of drug-likeness (QED) is 0.278. The molecule has 0 saturated carbocycles. The molecule has 0 spiro atoms. The molecule has 0 N–H and O–H groups in total. The van der Waals surface area contributed by atoms with E-state index in [4.69, 9.17) is 0 Å². The molecule has 0 aliphatic heterocycles. The molecule has 35 heavy (non-hydrogen) atoms. The lowest BCUT2D eigenvalue weighted by Gasteiger charge is -2.19. The number of para-hydroxylation sites is 2. The van der Waals surface area contributed by atoms with E-state index in [1.165, 1.54) is 11.1 Å². The molecule has 0 fully saturated rings. The zero-order valence-electron chi connectivity index (χ0n) is 19.9. The van der Waals surface area contributed by atoms with Crippen LogP contribution in [-0.4, -0.2) is 40.0 Å². The minimum Gasteiger partial charge on any atom is -0.269 e. The van der Waals surface area contributed by atoms with Gasteiger partial charge in [0, 0.05) is 18.0 Å². The van der Waals surface area contributed by atoms with Gasteiger partial charge in [-0.05, 0) is 65.6 Å². The van der Waals surface area contributed by atoms with Crippen LogP contribution in [0.2, 0.25) is 0 Å². The Bertz CT molecular complexity index is 1390. The maximum absolute atomic E-state index is 4.64. The summed E-state index contributed by atoms with van der Waals surface area (Å²) in [5.74, 6) is 1.52. The van der Waals surface area contributed by atoms with Gasteiger partial charge in [-0.1, -0.05) is 62.0 Å². The van der Waals surface area contributed by atoms with Gasteiger partial charge in [0.05, 0.1) is 16.6 Å². The maximum Gasteiger partial charge on any atom is 0.196 e. The SMILES string of the molecule is CCc1cccc(CC)c1-n1c(SC(C)c2nnnn2-c2ccccc2)nnc1-c1cccnc1. The van der Waals surface area contributed by atoms with Gasteiger partial charge in [0.2, 0.25) is 0 Å². The fourth-order valence-corrected chi connectivity index (χ4v) is 5.08. The predicted octanol–water partition coefficient (Wildman–Crippen LogP) is 5.28. The molecule has 1 atom stereocenters. The summed E-state index contributed by atoms with van der Waals surface area (Å²) in [6.45, 7) is 6.44. The van der Waals surface area contributed by atoms with E-state index in [1.54, 1.807) is 22.6 Å². The third-order valence-electron chi connectivity index (χ3n) is 5.88. The Morgan fingerprint density at radius 1 is 0.857 bits per heavy atom. The molecule has 5 aromatic rings. The first-order valence-corrected chi connectivity index (χ1v) is 12.6. The Labute approximate surface area is 208 Å². The first kappa shape index (κ1) is 22.9. The van der Waals surface area contributed by atoms with Gasteiger partial charge >= 0.3 is 0 Å². The van der Waals surface area contributed by atoms with Crippen molar-refractivity contribution in [1.82, 2.24) is 40.0 Å². The predicted molar refractivity (Wildman–Crippen MR) is 137 cm³/mol. The fraction of sp³-hybridized carbons (Fsp3) is 0.231. The molecule has 0 amide bonds. The summed E-state index contributed by atoms with van der Waals surface area (Å²) >= 11 is 1.59. The topological polar surface area (TPSA) is 87.2 Å². The minimum absolute atomic E-state index is 0.0752. The highest BCUT2D eigenvalue weighted by Gasteiger charge is 2.25. The van der Waals surface area contributed by atoms with E-state index in [9.17, 15) is 0 Å². The van der Waals surface area contributed by atoms with Crippen LogP contribution in [-0.2, 0) is 12.8 Å². The van der Waals surface area contributed by atoms with Crippen LogP contribution in [0.25, 0.3) is 22.8 Å². The summed E-state index contributed by atoms with van der Waals surface area (Å²) in [6, 6.07) is 20.3. The van der Waals surface area contributed by atoms with Gasteiger partial charge in [0.25, 0.3) is 0 Å². The highest BCUT2D eigenvalue weighted by atomic mass is 32.2. The number of hydrogen-bond donors (Lipinski definition) is 0. The van der Waals surface area contributed by atoms with E-state index in [0.29, 0.717) is 0 Å². The number of tetrazole rings is 1. The molecule has 0 aliphatic carbocycles. The van der Waals surface area contributed by atoms with Gasteiger partial charge in [-0.15, -0.1) is 15.3 Å². The lowest BCUT2D eigenvalue weighted by atomic mass is 10.0. The lowest BCUT2D eigenvalue weighted by molar-refractivity contribution is 0.760. The molecule has 3 heterocycles. The van der Waals surface area contributed by atoms with Gasteiger partial charge in [-0.2, -0.15) is 4.68 Å². The van der Waals surface area contributed by atoms with Crippen LogP contribution in [0, 0.1) is 0 Å². The van der Waals surface area contributed by atoms with E-state index >= 15 is 0 Å². The van der Waals surface area contributed by atoms with E-state index in [-0.39, 0.29) is 5.25 Å². The number of rotatable bonds is 8. The largest absolute Gasteiger partial charge is 0.269 e. The summed E-state index contributed by atoms with van der Waals surface area (Å²) in [5, 5.41) is 22.5. The summed E-state index contributed by atoms with van der Waals surface area (Å²) in [5.41, 5.74) is 5.47. The van der Waals surface area contributed by atoms with Crippen molar-refractivity contribution >= 4 is 11.8 Å². The van der Waals surface area contributed by atoms with E-state index < -0.39 is 0 Å². The smallest absolute Gasteiger partial charge is 0.196 e. The van der Waals surface area contributed by atoms with Gasteiger partial charge in [-0.3, -0.25) is 9.55 Å². The van der Waals surface area contributed by atoms with Crippen molar-refractivity contribution in [1.29, 1.82) is 0 Å². The van der Waals surface area contributed by atoms with Gasteiger partial charge in [-0.25, -0.2) is 0 Å². The molecule has 2 aromatic carbocycles. The minimum atomic E-state index is -0.0752.